The van der Waals surface area contributed by atoms with Gasteiger partial charge in [-0.15, -0.1) is 0 Å². The summed E-state index contributed by atoms with van der Waals surface area (Å²) in [4.78, 5) is 3.02. The number of sulfone groups is 2. The van der Waals surface area contributed by atoms with Crippen LogP contribution in [-0.2, 0) is 44.9 Å². The first kappa shape index (κ1) is 34.5. The van der Waals surface area contributed by atoms with Crippen molar-refractivity contribution < 1.29 is 37.3 Å². The summed E-state index contributed by atoms with van der Waals surface area (Å²) in [7, 11) is -6.02. The van der Waals surface area contributed by atoms with Gasteiger partial charge in [-0.3, -0.25) is 0 Å². The first-order valence-electron chi connectivity index (χ1n) is 9.65. The zero-order valence-corrected chi connectivity index (χ0v) is 27.2. The number of hydrogen-bond acceptors (Lipinski definition) is 12. The molecule has 0 aliphatic carbocycles. The minimum absolute atomic E-state index is 0. The van der Waals surface area contributed by atoms with Crippen LogP contribution in [0.5, 0.6) is 0 Å². The molecule has 0 amide bonds. The Hall–Kier alpha value is 1.53. The minimum Gasteiger partial charge on any atom is -0.411 e. The van der Waals surface area contributed by atoms with E-state index in [2.05, 4.69) is 0 Å². The maximum atomic E-state index is 11.3. The second-order valence-electron chi connectivity index (χ2n) is 7.62. The van der Waals surface area contributed by atoms with E-state index >= 15 is 0 Å². The number of rotatable bonds is 8. The van der Waals surface area contributed by atoms with Crippen molar-refractivity contribution in [2.75, 3.05) is 49.3 Å². The molecule has 2 saturated heterocycles. The van der Waals surface area contributed by atoms with Crippen molar-refractivity contribution in [3.63, 3.8) is 0 Å². The maximum absolute atomic E-state index is 11.3. The molecule has 0 bridgehead atoms. The van der Waals surface area contributed by atoms with Gasteiger partial charge < -0.3 is 79.9 Å². The molecule has 2 fully saturated rings. The van der Waals surface area contributed by atoms with E-state index in [-0.39, 0.29) is 106 Å². The van der Waals surface area contributed by atoms with Crippen LogP contribution in [0, 0.1) is 0 Å². The van der Waals surface area contributed by atoms with Crippen molar-refractivity contribution in [2.24, 2.45) is 0 Å². The molecule has 33 heavy (non-hydrogen) atoms. The maximum Gasteiger partial charge on any atom is 2.00 e. The summed E-state index contributed by atoms with van der Waals surface area (Å²) in [6.45, 7) is -0.625. The van der Waals surface area contributed by atoms with E-state index in [1.807, 2.05) is 0 Å². The monoisotopic (exact) mass is 706 g/mol. The summed E-state index contributed by atoms with van der Waals surface area (Å²) in [6, 6.07) is -0.535. The normalized spacial score (nSPS) is 24.5. The molecular formula is C16H28BaN2O8S6. The molecule has 188 valence electrons. The number of nitrogens with zero attached hydrogens (tertiary/aromatic N) is 2. The topological polar surface area (TPSA) is 156 Å². The van der Waals surface area contributed by atoms with Gasteiger partial charge in [0.25, 0.3) is 0 Å². The van der Waals surface area contributed by atoms with Crippen molar-refractivity contribution in [1.82, 2.24) is 9.80 Å². The van der Waals surface area contributed by atoms with Gasteiger partial charge >= 0.3 is 48.9 Å². The molecule has 0 spiro atoms. The summed E-state index contributed by atoms with van der Waals surface area (Å²) in [6.07, 6.45) is -0.970. The molecule has 4 atom stereocenters. The van der Waals surface area contributed by atoms with Gasteiger partial charge in [0, 0.05) is 25.2 Å². The van der Waals surface area contributed by atoms with Crippen LogP contribution in [0.2, 0.25) is 0 Å². The van der Waals surface area contributed by atoms with E-state index in [1.165, 1.54) is 9.80 Å². The van der Waals surface area contributed by atoms with Crippen molar-refractivity contribution in [3.05, 3.63) is 0 Å². The predicted molar refractivity (Wildman–Crippen MR) is 139 cm³/mol. The van der Waals surface area contributed by atoms with E-state index < -0.39 is 45.1 Å². The predicted octanol–water partition coefficient (Wildman–Crippen LogP) is -3.06. The third-order valence-electron chi connectivity index (χ3n) is 5.00. The number of aliphatic hydroxyl groups excluding tert-OH is 4. The Kier molecular flexibility index (Phi) is 16.4. The van der Waals surface area contributed by atoms with Crippen LogP contribution in [0.1, 0.15) is 12.8 Å². The largest absolute Gasteiger partial charge is 2.00 e. The van der Waals surface area contributed by atoms with Crippen LogP contribution < -0.4 is 0 Å². The van der Waals surface area contributed by atoms with Crippen molar-refractivity contribution >= 4 is 127 Å². The van der Waals surface area contributed by atoms with Crippen molar-refractivity contribution in [3.8, 4) is 0 Å². The van der Waals surface area contributed by atoms with E-state index in [1.54, 1.807) is 0 Å². The summed E-state index contributed by atoms with van der Waals surface area (Å²) >= 11 is 19.4. The molecule has 0 aromatic rings. The van der Waals surface area contributed by atoms with Crippen LogP contribution >= 0.6 is 24.4 Å². The van der Waals surface area contributed by atoms with E-state index in [0.717, 1.165) is 0 Å². The molecule has 0 aromatic heterocycles. The molecule has 2 rings (SSSR count). The Labute approximate surface area is 257 Å². The Morgan fingerprint density at radius 1 is 0.818 bits per heavy atom. The Morgan fingerprint density at radius 2 is 1.12 bits per heavy atom. The van der Waals surface area contributed by atoms with Gasteiger partial charge in [0.05, 0.1) is 48.4 Å². The quantitative estimate of drug-likeness (QED) is 0.115. The minimum atomic E-state index is -3.01. The van der Waals surface area contributed by atoms with Crippen LogP contribution in [0.3, 0.4) is 0 Å². The number of hydrogen-bond donors (Lipinski definition) is 4. The van der Waals surface area contributed by atoms with Crippen LogP contribution in [0.25, 0.3) is 0 Å². The fraction of sp³-hybridized carbons (Fsp3) is 0.875. The molecule has 10 nitrogen and oxygen atoms in total. The molecule has 2 heterocycles. The Bertz CT molecular complexity index is 789. The zero-order valence-electron chi connectivity index (χ0n) is 17.9. The molecule has 2 aliphatic heterocycles. The second kappa shape index (κ2) is 15.7. The third-order valence-corrected chi connectivity index (χ3v) is 9.44. The van der Waals surface area contributed by atoms with Gasteiger partial charge in [0.2, 0.25) is 0 Å². The average molecular weight is 706 g/mol. The molecule has 0 radical (unpaired) electrons. The van der Waals surface area contributed by atoms with Gasteiger partial charge in [-0.1, -0.05) is 8.64 Å². The molecule has 17 heteroatoms. The van der Waals surface area contributed by atoms with Crippen LogP contribution in [0.4, 0.5) is 0 Å². The molecule has 4 N–H and O–H groups in total. The summed E-state index contributed by atoms with van der Waals surface area (Å²) in [5, 5.41) is 36.1. The Balaban J connectivity index is 0.000000602. The van der Waals surface area contributed by atoms with Gasteiger partial charge in [-0.25, -0.2) is 16.8 Å². The smallest absolute Gasteiger partial charge is 0.411 e. The van der Waals surface area contributed by atoms with Crippen molar-refractivity contribution in [2.45, 2.75) is 37.1 Å². The average Bonchev–Trinajstić information content (AvgIpc) is 3.24. The van der Waals surface area contributed by atoms with Crippen LogP contribution in [0.15, 0.2) is 0 Å². The van der Waals surface area contributed by atoms with E-state index in [0.29, 0.717) is 12.8 Å². The molecular weight excluding hydrogens is 678 g/mol. The molecule has 0 aromatic carbocycles. The molecule has 2 aliphatic rings. The van der Waals surface area contributed by atoms with Gasteiger partial charge in [-0.05, 0) is 12.8 Å². The summed E-state index contributed by atoms with van der Waals surface area (Å²) in [5.74, 6) is 0.284. The van der Waals surface area contributed by atoms with Crippen molar-refractivity contribution in [1.29, 1.82) is 0 Å². The van der Waals surface area contributed by atoms with Gasteiger partial charge in [-0.2, -0.15) is 0 Å². The SMILES string of the molecule is O=S1(=O)CCC(N(CC(O)CO)C(=S)[S-])C1.O=S1(=O)CCC(N(CC(O)CO)C(=S)[S-])C1.[Ba+2]. The summed E-state index contributed by atoms with van der Waals surface area (Å²) < 4.78 is 45.5. The fourth-order valence-corrected chi connectivity index (χ4v) is 7.71. The number of thiocarbonyl (C=S) groups is 2. The third kappa shape index (κ3) is 12.6. The van der Waals surface area contributed by atoms with E-state index in [4.69, 9.17) is 59.9 Å². The molecule has 4 unspecified atom stereocenters. The zero-order chi connectivity index (χ0) is 24.7. The fourth-order valence-electron chi connectivity index (χ4n) is 3.36. The van der Waals surface area contributed by atoms with Crippen LogP contribution in [-0.4, -0.2) is 178 Å². The van der Waals surface area contributed by atoms with E-state index in [9.17, 15) is 27.0 Å². The number of aliphatic hydroxyl groups is 4. The Morgan fingerprint density at radius 3 is 1.30 bits per heavy atom. The standard InChI is InChI=1S/2C8H15NO4S3.Ba/c2*10-4-7(11)3-9(8(14)15)6-1-2-16(12,13)5-6;/h2*6-7,10-11H,1-5H2,(H,14,15);/q;;+2/p-2. The van der Waals surface area contributed by atoms with Gasteiger partial charge in [0.1, 0.15) is 0 Å². The van der Waals surface area contributed by atoms with Gasteiger partial charge in [0.15, 0.2) is 19.7 Å². The first-order chi connectivity index (χ1) is 14.7. The second-order valence-corrected chi connectivity index (χ2v) is 14.1. The summed E-state index contributed by atoms with van der Waals surface area (Å²) in [5.41, 5.74) is 0. The molecule has 0 saturated carbocycles. The first-order valence-corrected chi connectivity index (χ1v) is 14.9.